The SMILES string of the molecule is Nc1ccc2c(c1)ncn2C(=O)c1cccc2cc[nH]c12. The second-order valence-corrected chi connectivity index (χ2v) is 4.92. The summed E-state index contributed by atoms with van der Waals surface area (Å²) in [4.78, 5) is 20.1. The molecule has 0 spiro atoms. The first-order chi connectivity index (χ1) is 10.2. The monoisotopic (exact) mass is 276 g/mol. The van der Waals surface area contributed by atoms with Crippen LogP contribution in [0.4, 0.5) is 5.69 Å². The number of nitrogens with zero attached hydrogens (tertiary/aromatic N) is 2. The molecule has 0 saturated carbocycles. The normalized spacial score (nSPS) is 11.2. The van der Waals surface area contributed by atoms with Gasteiger partial charge in [-0.25, -0.2) is 4.98 Å². The van der Waals surface area contributed by atoms with Crippen molar-refractivity contribution in [3.63, 3.8) is 0 Å². The third-order valence-corrected chi connectivity index (χ3v) is 3.61. The van der Waals surface area contributed by atoms with Gasteiger partial charge in [-0.15, -0.1) is 0 Å². The quantitative estimate of drug-likeness (QED) is 0.525. The number of aromatic amines is 1. The van der Waals surface area contributed by atoms with Crippen LogP contribution in [0.5, 0.6) is 0 Å². The molecule has 4 rings (SSSR count). The van der Waals surface area contributed by atoms with E-state index in [0.717, 1.165) is 16.4 Å². The first kappa shape index (κ1) is 11.7. The number of nitrogens with two attached hydrogens (primary N) is 1. The lowest BCUT2D eigenvalue weighted by atomic mass is 10.1. The number of carbonyl (C=O) groups is 1. The number of fused-ring (bicyclic) bond motifs is 2. The van der Waals surface area contributed by atoms with Crippen molar-refractivity contribution < 1.29 is 4.79 Å². The molecule has 2 aromatic carbocycles. The number of anilines is 1. The van der Waals surface area contributed by atoms with Gasteiger partial charge >= 0.3 is 0 Å². The fraction of sp³-hybridized carbons (Fsp3) is 0. The summed E-state index contributed by atoms with van der Waals surface area (Å²) in [6, 6.07) is 12.9. The van der Waals surface area contributed by atoms with E-state index in [1.807, 2.05) is 36.5 Å². The third kappa shape index (κ3) is 1.71. The molecule has 0 radical (unpaired) electrons. The Balaban J connectivity index is 1.92. The number of nitrogens with one attached hydrogen (secondary N) is 1. The highest BCUT2D eigenvalue weighted by Gasteiger charge is 2.15. The van der Waals surface area contributed by atoms with E-state index >= 15 is 0 Å². The lowest BCUT2D eigenvalue weighted by Gasteiger charge is -2.05. The van der Waals surface area contributed by atoms with Crippen molar-refractivity contribution in [3.05, 3.63) is 60.6 Å². The predicted octanol–water partition coefficient (Wildman–Crippen LogP) is 2.79. The topological polar surface area (TPSA) is 76.7 Å². The molecule has 0 atom stereocenters. The predicted molar refractivity (Wildman–Crippen MR) is 82.2 cm³/mol. The molecule has 5 heteroatoms. The number of benzene rings is 2. The average molecular weight is 276 g/mol. The minimum atomic E-state index is -0.115. The number of H-pyrrole nitrogens is 1. The van der Waals surface area contributed by atoms with E-state index < -0.39 is 0 Å². The van der Waals surface area contributed by atoms with Crippen LogP contribution in [-0.2, 0) is 0 Å². The number of imidazole rings is 1. The van der Waals surface area contributed by atoms with Crippen LogP contribution in [0.3, 0.4) is 0 Å². The molecule has 0 saturated heterocycles. The Labute approximate surface area is 120 Å². The maximum Gasteiger partial charge on any atom is 0.265 e. The fourth-order valence-electron chi connectivity index (χ4n) is 2.58. The summed E-state index contributed by atoms with van der Waals surface area (Å²) in [7, 11) is 0. The summed E-state index contributed by atoms with van der Waals surface area (Å²) in [6.07, 6.45) is 3.36. The molecule has 3 N–H and O–H groups in total. The molecule has 0 aliphatic rings. The Morgan fingerprint density at radius 3 is 3.00 bits per heavy atom. The highest BCUT2D eigenvalue weighted by atomic mass is 16.2. The maximum absolute atomic E-state index is 12.8. The summed E-state index contributed by atoms with van der Waals surface area (Å²) in [5.41, 5.74) is 9.28. The summed E-state index contributed by atoms with van der Waals surface area (Å²) in [5, 5.41) is 1.01. The largest absolute Gasteiger partial charge is 0.399 e. The van der Waals surface area contributed by atoms with Gasteiger partial charge in [0.2, 0.25) is 0 Å². The van der Waals surface area contributed by atoms with E-state index in [-0.39, 0.29) is 5.91 Å². The van der Waals surface area contributed by atoms with Crippen LogP contribution in [-0.4, -0.2) is 20.4 Å². The molecule has 0 amide bonds. The highest BCUT2D eigenvalue weighted by molar-refractivity contribution is 6.09. The zero-order valence-electron chi connectivity index (χ0n) is 11.1. The van der Waals surface area contributed by atoms with Crippen molar-refractivity contribution in [2.45, 2.75) is 0 Å². The fourth-order valence-corrected chi connectivity index (χ4v) is 2.58. The zero-order valence-corrected chi connectivity index (χ0v) is 11.1. The molecular weight excluding hydrogens is 264 g/mol. The van der Waals surface area contributed by atoms with Gasteiger partial charge in [0.15, 0.2) is 0 Å². The number of para-hydroxylation sites is 1. The van der Waals surface area contributed by atoms with E-state index in [1.165, 1.54) is 6.33 Å². The van der Waals surface area contributed by atoms with Gasteiger partial charge < -0.3 is 10.7 Å². The molecule has 21 heavy (non-hydrogen) atoms. The molecule has 2 aromatic heterocycles. The number of carbonyl (C=O) groups excluding carboxylic acids is 1. The first-order valence-corrected chi connectivity index (χ1v) is 6.57. The van der Waals surface area contributed by atoms with E-state index in [9.17, 15) is 4.79 Å². The first-order valence-electron chi connectivity index (χ1n) is 6.57. The Kier molecular flexibility index (Phi) is 2.35. The second kappa shape index (κ2) is 4.21. The third-order valence-electron chi connectivity index (χ3n) is 3.61. The Bertz CT molecular complexity index is 980. The number of aromatic nitrogens is 3. The highest BCUT2D eigenvalue weighted by Crippen LogP contribution is 2.21. The van der Waals surface area contributed by atoms with Gasteiger partial charge in [0.1, 0.15) is 6.33 Å². The van der Waals surface area contributed by atoms with Gasteiger partial charge in [-0.3, -0.25) is 9.36 Å². The Hall–Kier alpha value is -3.08. The van der Waals surface area contributed by atoms with Crippen LogP contribution in [0.15, 0.2) is 55.0 Å². The zero-order chi connectivity index (χ0) is 14.4. The van der Waals surface area contributed by atoms with Crippen LogP contribution < -0.4 is 5.73 Å². The van der Waals surface area contributed by atoms with Crippen molar-refractivity contribution in [3.8, 4) is 0 Å². The molecule has 4 aromatic rings. The maximum atomic E-state index is 12.8. The molecule has 5 nitrogen and oxygen atoms in total. The minimum absolute atomic E-state index is 0.115. The van der Waals surface area contributed by atoms with Crippen LogP contribution in [0, 0.1) is 0 Å². The van der Waals surface area contributed by atoms with Crippen molar-refractivity contribution in [2.75, 3.05) is 5.73 Å². The Morgan fingerprint density at radius 2 is 2.10 bits per heavy atom. The molecule has 0 aliphatic carbocycles. The van der Waals surface area contributed by atoms with Gasteiger partial charge in [-0.2, -0.15) is 0 Å². The van der Waals surface area contributed by atoms with Crippen molar-refractivity contribution in [1.82, 2.24) is 14.5 Å². The van der Waals surface area contributed by atoms with Gasteiger partial charge in [-0.1, -0.05) is 12.1 Å². The van der Waals surface area contributed by atoms with Crippen LogP contribution >= 0.6 is 0 Å². The smallest absolute Gasteiger partial charge is 0.265 e. The molecule has 102 valence electrons. The van der Waals surface area contributed by atoms with Gasteiger partial charge in [-0.05, 0) is 30.3 Å². The molecule has 2 heterocycles. The second-order valence-electron chi connectivity index (χ2n) is 4.92. The van der Waals surface area contributed by atoms with Crippen LogP contribution in [0.2, 0.25) is 0 Å². The molecule has 0 fully saturated rings. The standard InChI is InChI=1S/C16H12N4O/c17-11-4-5-14-13(8-11)19-9-20(14)16(21)12-3-1-2-10-6-7-18-15(10)12/h1-9,18H,17H2. The number of nitrogen functional groups attached to an aromatic ring is 1. The van der Waals surface area contributed by atoms with E-state index in [4.69, 9.17) is 5.73 Å². The number of rotatable bonds is 1. The van der Waals surface area contributed by atoms with E-state index in [1.54, 1.807) is 16.7 Å². The molecule has 0 bridgehead atoms. The molecule has 0 aliphatic heterocycles. The molecular formula is C16H12N4O. The van der Waals surface area contributed by atoms with Crippen LogP contribution in [0.1, 0.15) is 10.4 Å². The van der Waals surface area contributed by atoms with Gasteiger partial charge in [0.25, 0.3) is 5.91 Å². The van der Waals surface area contributed by atoms with Crippen molar-refractivity contribution >= 4 is 33.5 Å². The van der Waals surface area contributed by atoms with Crippen molar-refractivity contribution in [2.24, 2.45) is 0 Å². The lowest BCUT2D eigenvalue weighted by Crippen LogP contribution is -2.11. The van der Waals surface area contributed by atoms with Crippen molar-refractivity contribution in [1.29, 1.82) is 0 Å². The minimum Gasteiger partial charge on any atom is -0.399 e. The van der Waals surface area contributed by atoms with Gasteiger partial charge in [0.05, 0.1) is 22.1 Å². The summed E-state index contributed by atoms with van der Waals surface area (Å²) >= 11 is 0. The van der Waals surface area contributed by atoms with E-state index in [2.05, 4.69) is 9.97 Å². The van der Waals surface area contributed by atoms with Gasteiger partial charge in [0, 0.05) is 17.3 Å². The van der Waals surface area contributed by atoms with Crippen LogP contribution in [0.25, 0.3) is 21.9 Å². The lowest BCUT2D eigenvalue weighted by molar-refractivity contribution is 0.0966. The molecule has 0 unspecified atom stereocenters. The Morgan fingerprint density at radius 1 is 1.19 bits per heavy atom. The summed E-state index contributed by atoms with van der Waals surface area (Å²) in [5.74, 6) is -0.115. The number of hydrogen-bond acceptors (Lipinski definition) is 3. The van der Waals surface area contributed by atoms with E-state index in [0.29, 0.717) is 16.8 Å². The average Bonchev–Trinajstić information content (AvgIpc) is 3.11. The number of hydrogen-bond donors (Lipinski definition) is 2. The summed E-state index contributed by atoms with van der Waals surface area (Å²) in [6.45, 7) is 0. The summed E-state index contributed by atoms with van der Waals surface area (Å²) < 4.78 is 1.55.